The topological polar surface area (TPSA) is 41.6 Å². The van der Waals surface area contributed by atoms with Crippen molar-refractivity contribution in [2.45, 2.75) is 31.1 Å². The molecule has 2 heterocycles. The predicted octanol–water partition coefficient (Wildman–Crippen LogP) is 2.69. The van der Waals surface area contributed by atoms with Crippen molar-refractivity contribution in [3.8, 4) is 0 Å². The molecule has 1 aliphatic carbocycles. The lowest BCUT2D eigenvalue weighted by Gasteiger charge is -2.05. The summed E-state index contributed by atoms with van der Waals surface area (Å²) in [5.74, 6) is -2.24. The number of rotatable bonds is 3. The van der Waals surface area contributed by atoms with Crippen LogP contribution >= 0.6 is 0 Å². The Kier molecular flexibility index (Phi) is 2.27. The number of aromatic amines is 1. The molecule has 0 spiro atoms. The van der Waals surface area contributed by atoms with E-state index in [-0.39, 0.29) is 6.42 Å². The van der Waals surface area contributed by atoms with Crippen molar-refractivity contribution in [2.75, 3.05) is 0 Å². The maximum absolute atomic E-state index is 13.2. The third-order valence-electron chi connectivity index (χ3n) is 3.55. The van der Waals surface area contributed by atoms with E-state index in [1.54, 1.807) is 25.5 Å². The Labute approximate surface area is 103 Å². The van der Waals surface area contributed by atoms with Gasteiger partial charge in [-0.05, 0) is 24.6 Å². The van der Waals surface area contributed by atoms with Crippen molar-refractivity contribution in [2.24, 2.45) is 0 Å². The van der Waals surface area contributed by atoms with Crippen LogP contribution in [0.25, 0.3) is 0 Å². The van der Waals surface area contributed by atoms with Gasteiger partial charge in [-0.3, -0.25) is 4.98 Å². The number of H-pyrrole nitrogens is 1. The lowest BCUT2D eigenvalue weighted by Crippen LogP contribution is -2.13. The molecule has 5 heteroatoms. The normalized spacial score (nSPS) is 25.1. The Balaban J connectivity index is 1.79. The van der Waals surface area contributed by atoms with Crippen molar-refractivity contribution >= 4 is 0 Å². The molecule has 18 heavy (non-hydrogen) atoms. The van der Waals surface area contributed by atoms with Gasteiger partial charge in [-0.15, -0.1) is 0 Å². The van der Waals surface area contributed by atoms with Crippen molar-refractivity contribution in [1.29, 1.82) is 0 Å². The SMILES string of the molecule is C[C@@]1(c2nc(Cc3ccncc3)c[nH]2)CC1(F)F. The second-order valence-corrected chi connectivity index (χ2v) is 4.99. The van der Waals surface area contributed by atoms with Gasteiger partial charge < -0.3 is 4.98 Å². The zero-order chi connectivity index (χ0) is 12.8. The van der Waals surface area contributed by atoms with Crippen LogP contribution in [0.5, 0.6) is 0 Å². The minimum absolute atomic E-state index is 0.123. The van der Waals surface area contributed by atoms with Crippen molar-refractivity contribution in [1.82, 2.24) is 15.0 Å². The monoisotopic (exact) mass is 249 g/mol. The van der Waals surface area contributed by atoms with Crippen LogP contribution in [0.3, 0.4) is 0 Å². The van der Waals surface area contributed by atoms with Crippen LogP contribution in [0.15, 0.2) is 30.7 Å². The molecule has 0 saturated heterocycles. The highest BCUT2D eigenvalue weighted by Gasteiger charge is 2.70. The van der Waals surface area contributed by atoms with Gasteiger partial charge in [0.1, 0.15) is 5.82 Å². The standard InChI is InChI=1S/C13H13F2N3/c1-12(8-13(12,14)15)11-17-7-10(18-11)6-9-2-4-16-5-3-9/h2-5,7H,6,8H2,1H3,(H,17,18)/t12-/m0/s1. The molecule has 0 amide bonds. The number of pyridine rings is 1. The highest BCUT2D eigenvalue weighted by molar-refractivity contribution is 5.29. The molecular weight excluding hydrogens is 236 g/mol. The van der Waals surface area contributed by atoms with Gasteiger partial charge in [0.15, 0.2) is 0 Å². The largest absolute Gasteiger partial charge is 0.348 e. The molecule has 0 aromatic carbocycles. The average Bonchev–Trinajstić information content (AvgIpc) is 2.71. The fourth-order valence-electron chi connectivity index (χ4n) is 2.10. The number of hydrogen-bond acceptors (Lipinski definition) is 2. The smallest absolute Gasteiger partial charge is 0.261 e. The molecule has 1 aliphatic rings. The Morgan fingerprint density at radius 1 is 1.33 bits per heavy atom. The third-order valence-corrected chi connectivity index (χ3v) is 3.55. The van der Waals surface area contributed by atoms with E-state index in [9.17, 15) is 8.78 Å². The van der Waals surface area contributed by atoms with Gasteiger partial charge in [0.2, 0.25) is 0 Å². The lowest BCUT2D eigenvalue weighted by molar-refractivity contribution is 0.0902. The highest BCUT2D eigenvalue weighted by atomic mass is 19.3. The molecule has 1 atom stereocenters. The number of halogens is 2. The maximum Gasteiger partial charge on any atom is 0.261 e. The second kappa shape index (κ2) is 3.60. The van der Waals surface area contributed by atoms with Gasteiger partial charge in [-0.2, -0.15) is 0 Å². The second-order valence-electron chi connectivity index (χ2n) is 4.99. The van der Waals surface area contributed by atoms with Crippen molar-refractivity contribution in [3.05, 3.63) is 47.8 Å². The first-order valence-corrected chi connectivity index (χ1v) is 5.83. The third kappa shape index (κ3) is 1.70. The summed E-state index contributed by atoms with van der Waals surface area (Å²) in [6, 6.07) is 3.78. The number of hydrogen-bond donors (Lipinski definition) is 1. The van der Waals surface area contributed by atoms with Gasteiger partial charge in [-0.1, -0.05) is 0 Å². The average molecular weight is 249 g/mol. The van der Waals surface area contributed by atoms with E-state index in [1.807, 2.05) is 12.1 Å². The van der Waals surface area contributed by atoms with Crippen LogP contribution in [0.4, 0.5) is 8.78 Å². The minimum Gasteiger partial charge on any atom is -0.348 e. The van der Waals surface area contributed by atoms with Crippen LogP contribution in [-0.2, 0) is 11.8 Å². The molecule has 0 radical (unpaired) electrons. The van der Waals surface area contributed by atoms with Gasteiger partial charge in [-0.25, -0.2) is 13.8 Å². The summed E-state index contributed by atoms with van der Waals surface area (Å²) in [5.41, 5.74) is 0.736. The van der Waals surface area contributed by atoms with E-state index in [0.29, 0.717) is 12.2 Å². The first-order valence-electron chi connectivity index (χ1n) is 5.83. The zero-order valence-electron chi connectivity index (χ0n) is 9.95. The highest BCUT2D eigenvalue weighted by Crippen LogP contribution is 2.60. The summed E-state index contributed by atoms with van der Waals surface area (Å²) in [6.07, 6.45) is 5.62. The number of alkyl halides is 2. The summed E-state index contributed by atoms with van der Waals surface area (Å²) in [7, 11) is 0. The number of nitrogens with zero attached hydrogens (tertiary/aromatic N) is 2. The molecule has 3 nitrogen and oxygen atoms in total. The van der Waals surface area contributed by atoms with Crippen LogP contribution in [0.1, 0.15) is 30.4 Å². The molecule has 0 bridgehead atoms. The minimum atomic E-state index is -2.63. The first kappa shape index (κ1) is 11.3. The Morgan fingerprint density at radius 3 is 2.61 bits per heavy atom. The van der Waals surface area contributed by atoms with E-state index in [4.69, 9.17) is 0 Å². The van der Waals surface area contributed by atoms with Crippen LogP contribution in [0, 0.1) is 0 Å². The zero-order valence-corrected chi connectivity index (χ0v) is 9.95. The number of imidazole rings is 1. The summed E-state index contributed by atoms with van der Waals surface area (Å²) in [4.78, 5) is 11.1. The predicted molar refractivity (Wildman–Crippen MR) is 62.5 cm³/mol. The van der Waals surface area contributed by atoms with Crippen LogP contribution < -0.4 is 0 Å². The molecule has 94 valence electrons. The van der Waals surface area contributed by atoms with Crippen LogP contribution in [-0.4, -0.2) is 20.9 Å². The quantitative estimate of drug-likeness (QED) is 0.908. The molecule has 0 unspecified atom stereocenters. The first-order chi connectivity index (χ1) is 8.51. The fraction of sp³-hybridized carbons (Fsp3) is 0.385. The molecule has 0 aliphatic heterocycles. The van der Waals surface area contributed by atoms with Gasteiger partial charge in [0.05, 0.1) is 11.1 Å². The Bertz CT molecular complexity index is 565. The Hall–Kier alpha value is -1.78. The van der Waals surface area contributed by atoms with Gasteiger partial charge in [0, 0.05) is 31.4 Å². The number of nitrogens with one attached hydrogen (secondary N) is 1. The molecular formula is C13H13F2N3. The van der Waals surface area contributed by atoms with Crippen molar-refractivity contribution in [3.63, 3.8) is 0 Å². The molecule has 3 rings (SSSR count). The maximum atomic E-state index is 13.2. The van der Waals surface area contributed by atoms with E-state index < -0.39 is 11.3 Å². The van der Waals surface area contributed by atoms with Gasteiger partial charge >= 0.3 is 0 Å². The van der Waals surface area contributed by atoms with Crippen LogP contribution in [0.2, 0.25) is 0 Å². The molecule has 1 saturated carbocycles. The lowest BCUT2D eigenvalue weighted by atomic mass is 10.1. The molecule has 1 N–H and O–H groups in total. The summed E-state index contributed by atoms with van der Waals surface area (Å²) in [5, 5.41) is 0. The van der Waals surface area contributed by atoms with E-state index in [0.717, 1.165) is 11.3 Å². The summed E-state index contributed by atoms with van der Waals surface area (Å²) < 4.78 is 26.5. The molecule has 2 aromatic heterocycles. The number of aromatic nitrogens is 3. The van der Waals surface area contributed by atoms with Crippen molar-refractivity contribution < 1.29 is 8.78 Å². The molecule has 1 fully saturated rings. The molecule has 2 aromatic rings. The van der Waals surface area contributed by atoms with E-state index >= 15 is 0 Å². The summed E-state index contributed by atoms with van der Waals surface area (Å²) >= 11 is 0. The Morgan fingerprint density at radius 2 is 2.00 bits per heavy atom. The fourth-order valence-corrected chi connectivity index (χ4v) is 2.10. The van der Waals surface area contributed by atoms with E-state index in [2.05, 4.69) is 15.0 Å². The summed E-state index contributed by atoms with van der Waals surface area (Å²) in [6.45, 7) is 1.54. The van der Waals surface area contributed by atoms with Gasteiger partial charge in [0.25, 0.3) is 5.92 Å². The van der Waals surface area contributed by atoms with E-state index in [1.165, 1.54) is 0 Å².